The number of rotatable bonds is 7. The number of aryl methyl sites for hydroxylation is 1. The van der Waals surface area contributed by atoms with Gasteiger partial charge in [0.2, 0.25) is 0 Å². The number of para-hydroxylation sites is 2. The van der Waals surface area contributed by atoms with E-state index in [2.05, 4.69) is 11.1 Å². The fourth-order valence-corrected chi connectivity index (χ4v) is 3.85. The SMILES string of the molecule is CCn1c(/C(C#N)=C/c2ccc(OCc3c(F)cccc3Cl)c(OC)c2)nc2ccccc21. The molecule has 0 bridgehead atoms. The van der Waals surface area contributed by atoms with Crippen LogP contribution in [-0.2, 0) is 13.2 Å². The molecule has 33 heavy (non-hydrogen) atoms. The van der Waals surface area contributed by atoms with Gasteiger partial charge in [-0.15, -0.1) is 0 Å². The van der Waals surface area contributed by atoms with Gasteiger partial charge in [-0.05, 0) is 55.0 Å². The standard InChI is InChI=1S/C26H21ClFN3O2/c1-3-31-23-10-5-4-9-22(23)30-26(31)18(15-29)13-17-11-12-24(25(14-17)32-2)33-16-19-20(27)7-6-8-21(19)28/h4-14H,3,16H2,1-2H3/b18-13+. The van der Waals surface area contributed by atoms with Gasteiger partial charge in [0.05, 0.1) is 28.7 Å². The summed E-state index contributed by atoms with van der Waals surface area (Å²) >= 11 is 6.08. The van der Waals surface area contributed by atoms with Gasteiger partial charge >= 0.3 is 0 Å². The summed E-state index contributed by atoms with van der Waals surface area (Å²) in [4.78, 5) is 4.66. The maximum atomic E-state index is 14.0. The Bertz CT molecular complexity index is 1370. The molecule has 7 heteroatoms. The van der Waals surface area contributed by atoms with Crippen molar-refractivity contribution in [2.45, 2.75) is 20.1 Å². The number of hydrogen-bond acceptors (Lipinski definition) is 4. The maximum absolute atomic E-state index is 14.0. The van der Waals surface area contributed by atoms with Crippen LogP contribution >= 0.6 is 11.6 Å². The number of fused-ring (bicyclic) bond motifs is 1. The Labute approximate surface area is 196 Å². The number of aromatic nitrogens is 2. The van der Waals surface area contributed by atoms with E-state index in [-0.39, 0.29) is 12.2 Å². The van der Waals surface area contributed by atoms with Crippen molar-refractivity contribution in [3.63, 3.8) is 0 Å². The molecule has 0 saturated heterocycles. The zero-order chi connectivity index (χ0) is 23.4. The van der Waals surface area contributed by atoms with E-state index >= 15 is 0 Å². The molecule has 1 heterocycles. The monoisotopic (exact) mass is 461 g/mol. The van der Waals surface area contributed by atoms with Crippen molar-refractivity contribution >= 4 is 34.3 Å². The van der Waals surface area contributed by atoms with E-state index in [0.717, 1.165) is 16.6 Å². The molecule has 1 aromatic heterocycles. The molecule has 3 aromatic carbocycles. The molecule has 5 nitrogen and oxygen atoms in total. The molecule has 0 aliphatic heterocycles. The van der Waals surface area contributed by atoms with Crippen molar-refractivity contribution in [3.8, 4) is 17.6 Å². The number of methoxy groups -OCH3 is 1. The Kier molecular flexibility index (Phi) is 6.62. The van der Waals surface area contributed by atoms with Gasteiger partial charge in [0.25, 0.3) is 0 Å². The third-order valence-electron chi connectivity index (χ3n) is 5.26. The molecule has 0 fully saturated rings. The number of nitrogens with zero attached hydrogens (tertiary/aromatic N) is 3. The Balaban J connectivity index is 1.65. The van der Waals surface area contributed by atoms with Crippen LogP contribution in [0, 0.1) is 17.1 Å². The van der Waals surface area contributed by atoms with Crippen molar-refractivity contribution < 1.29 is 13.9 Å². The van der Waals surface area contributed by atoms with Gasteiger partial charge in [0, 0.05) is 12.1 Å². The van der Waals surface area contributed by atoms with Crippen LogP contribution in [-0.4, -0.2) is 16.7 Å². The summed E-state index contributed by atoms with van der Waals surface area (Å²) in [6.45, 7) is 2.66. The Morgan fingerprint density at radius 3 is 2.70 bits per heavy atom. The van der Waals surface area contributed by atoms with E-state index < -0.39 is 5.82 Å². The molecule has 166 valence electrons. The lowest BCUT2D eigenvalue weighted by atomic mass is 10.1. The molecule has 4 rings (SSSR count). The predicted octanol–water partition coefficient (Wildman–Crippen LogP) is 6.50. The third-order valence-corrected chi connectivity index (χ3v) is 5.62. The average Bonchev–Trinajstić information content (AvgIpc) is 3.21. The predicted molar refractivity (Wildman–Crippen MR) is 128 cm³/mol. The van der Waals surface area contributed by atoms with Gasteiger partial charge < -0.3 is 14.0 Å². The minimum absolute atomic E-state index is 0.0407. The molecule has 0 amide bonds. The van der Waals surface area contributed by atoms with Gasteiger partial charge in [-0.1, -0.05) is 35.9 Å². The van der Waals surface area contributed by atoms with Gasteiger partial charge in [0.15, 0.2) is 17.3 Å². The van der Waals surface area contributed by atoms with E-state index in [1.165, 1.54) is 13.2 Å². The molecule has 4 aromatic rings. The Morgan fingerprint density at radius 2 is 1.97 bits per heavy atom. The van der Waals surface area contributed by atoms with Crippen LogP contribution in [0.5, 0.6) is 11.5 Å². The first-order valence-corrected chi connectivity index (χ1v) is 10.7. The quantitative estimate of drug-likeness (QED) is 0.295. The fraction of sp³-hybridized carbons (Fsp3) is 0.154. The van der Waals surface area contributed by atoms with Crippen molar-refractivity contribution in [1.82, 2.24) is 9.55 Å². The normalized spacial score (nSPS) is 11.4. The van der Waals surface area contributed by atoms with Crippen molar-refractivity contribution in [1.29, 1.82) is 5.26 Å². The molecular formula is C26H21ClFN3O2. The van der Waals surface area contributed by atoms with Crippen molar-refractivity contribution in [3.05, 3.63) is 88.5 Å². The van der Waals surface area contributed by atoms with Gasteiger partial charge in [-0.2, -0.15) is 5.26 Å². The molecule has 0 atom stereocenters. The molecule has 0 spiro atoms. The molecule has 0 radical (unpaired) electrons. The molecule has 0 N–H and O–H groups in total. The smallest absolute Gasteiger partial charge is 0.161 e. The highest BCUT2D eigenvalue weighted by molar-refractivity contribution is 6.31. The van der Waals surface area contributed by atoms with Crippen molar-refractivity contribution in [2.24, 2.45) is 0 Å². The highest BCUT2D eigenvalue weighted by Crippen LogP contribution is 2.32. The van der Waals surface area contributed by atoms with E-state index in [4.69, 9.17) is 21.1 Å². The second-order valence-corrected chi connectivity index (χ2v) is 7.64. The van der Waals surface area contributed by atoms with Gasteiger partial charge in [-0.25, -0.2) is 9.37 Å². The fourth-order valence-electron chi connectivity index (χ4n) is 3.63. The average molecular weight is 462 g/mol. The van der Waals surface area contributed by atoms with Gasteiger partial charge in [0.1, 0.15) is 18.5 Å². The van der Waals surface area contributed by atoms with Crippen LogP contribution in [0.2, 0.25) is 5.02 Å². The summed E-state index contributed by atoms with van der Waals surface area (Å²) in [6.07, 6.45) is 1.76. The Hall–Kier alpha value is -3.82. The van der Waals surface area contributed by atoms with Crippen LogP contribution in [0.25, 0.3) is 22.7 Å². The highest BCUT2D eigenvalue weighted by Gasteiger charge is 2.15. The second-order valence-electron chi connectivity index (χ2n) is 7.24. The first-order chi connectivity index (χ1) is 16.0. The first kappa shape index (κ1) is 22.4. The molecule has 0 aliphatic rings. The van der Waals surface area contributed by atoms with Crippen LogP contribution < -0.4 is 9.47 Å². The zero-order valence-electron chi connectivity index (χ0n) is 18.2. The summed E-state index contributed by atoms with van der Waals surface area (Å²) in [7, 11) is 1.52. The second kappa shape index (κ2) is 9.76. The lowest BCUT2D eigenvalue weighted by molar-refractivity contribution is 0.280. The topological polar surface area (TPSA) is 60.1 Å². The Morgan fingerprint density at radius 1 is 1.15 bits per heavy atom. The van der Waals surface area contributed by atoms with E-state index in [9.17, 15) is 9.65 Å². The number of ether oxygens (including phenoxy) is 2. The largest absolute Gasteiger partial charge is 0.493 e. The zero-order valence-corrected chi connectivity index (χ0v) is 18.9. The summed E-state index contributed by atoms with van der Waals surface area (Å²) in [5.41, 5.74) is 3.26. The van der Waals surface area contributed by atoms with E-state index in [1.54, 1.807) is 36.4 Å². The van der Waals surface area contributed by atoms with Crippen LogP contribution in [0.1, 0.15) is 23.9 Å². The van der Waals surface area contributed by atoms with Crippen molar-refractivity contribution in [2.75, 3.05) is 7.11 Å². The molecule has 0 saturated carbocycles. The number of hydrogen-bond donors (Lipinski definition) is 0. The highest BCUT2D eigenvalue weighted by atomic mass is 35.5. The number of allylic oxidation sites excluding steroid dienone is 1. The maximum Gasteiger partial charge on any atom is 0.161 e. The number of halogens is 2. The molecule has 0 aliphatic carbocycles. The number of benzene rings is 3. The summed E-state index contributed by atoms with van der Waals surface area (Å²) < 4.78 is 27.3. The minimum atomic E-state index is -0.432. The van der Waals surface area contributed by atoms with Crippen LogP contribution in [0.4, 0.5) is 4.39 Å². The van der Waals surface area contributed by atoms with Gasteiger partial charge in [-0.3, -0.25) is 0 Å². The third kappa shape index (κ3) is 4.55. The molecule has 0 unspecified atom stereocenters. The van der Waals surface area contributed by atoms with E-state index in [1.807, 2.05) is 35.8 Å². The lowest BCUT2D eigenvalue weighted by Gasteiger charge is -2.13. The van der Waals surface area contributed by atoms with E-state index in [0.29, 0.717) is 34.5 Å². The number of imidazole rings is 1. The summed E-state index contributed by atoms with van der Waals surface area (Å²) in [5, 5.41) is 10.2. The molecular weight excluding hydrogens is 441 g/mol. The summed E-state index contributed by atoms with van der Waals surface area (Å²) in [5.74, 6) is 1.07. The van der Waals surface area contributed by atoms with Crippen LogP contribution in [0.15, 0.2) is 60.7 Å². The first-order valence-electron chi connectivity index (χ1n) is 10.4. The number of nitriles is 1. The lowest BCUT2D eigenvalue weighted by Crippen LogP contribution is -2.01. The minimum Gasteiger partial charge on any atom is -0.493 e. The van der Waals surface area contributed by atoms with Crippen LogP contribution in [0.3, 0.4) is 0 Å². The summed E-state index contributed by atoms with van der Waals surface area (Å²) in [6, 6.07) is 19.8.